The van der Waals surface area contributed by atoms with Crippen LogP contribution in [0.25, 0.3) is 0 Å². The van der Waals surface area contributed by atoms with Crippen LogP contribution in [0.2, 0.25) is 0 Å². The number of nitrogens with zero attached hydrogens (tertiary/aromatic N) is 2. The molecule has 3 heteroatoms. The Morgan fingerprint density at radius 3 is 2.33 bits per heavy atom. The van der Waals surface area contributed by atoms with E-state index in [1.54, 1.807) is 0 Å². The quantitative estimate of drug-likeness (QED) is 0.821. The zero-order valence-corrected chi connectivity index (χ0v) is 11.9. The van der Waals surface area contributed by atoms with Crippen LogP contribution in [-0.4, -0.2) is 61.2 Å². The van der Waals surface area contributed by atoms with Crippen molar-refractivity contribution < 1.29 is 0 Å². The second-order valence-corrected chi connectivity index (χ2v) is 6.53. The smallest absolute Gasteiger partial charge is 0.0351 e. The number of piperazine rings is 1. The van der Waals surface area contributed by atoms with Crippen molar-refractivity contribution >= 4 is 0 Å². The van der Waals surface area contributed by atoms with Gasteiger partial charge in [-0.1, -0.05) is 19.3 Å². The maximum atomic E-state index is 3.45. The van der Waals surface area contributed by atoms with Crippen molar-refractivity contribution in [2.75, 3.05) is 39.3 Å². The topological polar surface area (TPSA) is 18.5 Å². The first-order valence-corrected chi connectivity index (χ1v) is 8.03. The number of hydrogen-bond donors (Lipinski definition) is 1. The molecule has 0 aromatic rings. The van der Waals surface area contributed by atoms with E-state index in [0.717, 1.165) is 18.0 Å². The first-order valence-electron chi connectivity index (χ1n) is 8.03. The van der Waals surface area contributed by atoms with E-state index in [1.165, 1.54) is 71.4 Å². The third-order valence-electron chi connectivity index (χ3n) is 5.47. The monoisotopic (exact) mass is 251 g/mol. The number of nitrogens with one attached hydrogen (secondary N) is 1. The lowest BCUT2D eigenvalue weighted by molar-refractivity contribution is -0.0164. The first-order chi connectivity index (χ1) is 8.84. The van der Waals surface area contributed by atoms with E-state index < -0.39 is 0 Å². The maximum Gasteiger partial charge on any atom is 0.0351 e. The number of hydrogen-bond acceptors (Lipinski definition) is 3. The van der Waals surface area contributed by atoms with Gasteiger partial charge in [-0.15, -0.1) is 0 Å². The average Bonchev–Trinajstić information content (AvgIpc) is 2.39. The standard InChI is InChI=1S/C15H29N3/c1-13(14-5-3-2-4-6-14)18-11-15(12-18)17-9-7-16-8-10-17/h13-16H,2-12H2,1H3. The number of likely N-dealkylation sites (tertiary alicyclic amines) is 1. The predicted octanol–water partition coefficient (Wildman–Crippen LogP) is 1.54. The molecule has 0 aromatic carbocycles. The molecule has 1 unspecified atom stereocenters. The summed E-state index contributed by atoms with van der Waals surface area (Å²) in [6, 6.07) is 1.70. The molecule has 1 aliphatic carbocycles. The summed E-state index contributed by atoms with van der Waals surface area (Å²) in [7, 11) is 0. The van der Waals surface area contributed by atoms with E-state index in [9.17, 15) is 0 Å². The Morgan fingerprint density at radius 1 is 1.00 bits per heavy atom. The summed E-state index contributed by atoms with van der Waals surface area (Å²) in [5, 5.41) is 3.45. The van der Waals surface area contributed by atoms with Crippen LogP contribution < -0.4 is 5.32 Å². The summed E-state index contributed by atoms with van der Waals surface area (Å²) in [5.74, 6) is 0.989. The van der Waals surface area contributed by atoms with Crippen LogP contribution in [0.5, 0.6) is 0 Å². The lowest BCUT2D eigenvalue weighted by Gasteiger charge is -2.51. The van der Waals surface area contributed by atoms with Crippen LogP contribution >= 0.6 is 0 Å². The Morgan fingerprint density at radius 2 is 1.67 bits per heavy atom. The number of rotatable bonds is 3. The molecule has 3 fully saturated rings. The summed E-state index contributed by atoms with van der Waals surface area (Å²) in [5.41, 5.74) is 0. The molecule has 0 aromatic heterocycles. The molecule has 3 aliphatic rings. The van der Waals surface area contributed by atoms with E-state index in [2.05, 4.69) is 22.0 Å². The Hall–Kier alpha value is -0.120. The van der Waals surface area contributed by atoms with Crippen LogP contribution in [-0.2, 0) is 0 Å². The SMILES string of the molecule is CC(C1CCCCC1)N1CC(N2CCNCC2)C1. The fourth-order valence-electron chi connectivity index (χ4n) is 4.01. The van der Waals surface area contributed by atoms with E-state index in [1.807, 2.05) is 0 Å². The Bertz CT molecular complexity index is 250. The van der Waals surface area contributed by atoms with Gasteiger partial charge in [0.05, 0.1) is 0 Å². The zero-order valence-electron chi connectivity index (χ0n) is 11.9. The van der Waals surface area contributed by atoms with Gasteiger partial charge in [0.1, 0.15) is 0 Å². The normalized spacial score (nSPS) is 31.2. The Labute approximate surface area is 112 Å². The van der Waals surface area contributed by atoms with E-state index in [4.69, 9.17) is 0 Å². The highest BCUT2D eigenvalue weighted by molar-refractivity contribution is 4.94. The maximum absolute atomic E-state index is 3.45. The van der Waals surface area contributed by atoms with Gasteiger partial charge in [-0.2, -0.15) is 0 Å². The Balaban J connectivity index is 1.43. The summed E-state index contributed by atoms with van der Waals surface area (Å²) >= 11 is 0. The molecule has 1 saturated carbocycles. The molecule has 2 saturated heterocycles. The molecule has 1 N–H and O–H groups in total. The van der Waals surface area contributed by atoms with E-state index in [-0.39, 0.29) is 0 Å². The van der Waals surface area contributed by atoms with Crippen molar-refractivity contribution in [2.45, 2.75) is 51.1 Å². The molecule has 1 atom stereocenters. The van der Waals surface area contributed by atoms with Gasteiger partial charge in [0.25, 0.3) is 0 Å². The van der Waals surface area contributed by atoms with Crippen LogP contribution in [0, 0.1) is 5.92 Å². The van der Waals surface area contributed by atoms with Gasteiger partial charge in [0, 0.05) is 51.4 Å². The van der Waals surface area contributed by atoms with Crippen LogP contribution in [0.4, 0.5) is 0 Å². The molecule has 104 valence electrons. The summed E-state index contributed by atoms with van der Waals surface area (Å²) < 4.78 is 0. The summed E-state index contributed by atoms with van der Waals surface area (Å²) in [6.45, 7) is 10.0. The van der Waals surface area contributed by atoms with Crippen molar-refractivity contribution in [1.82, 2.24) is 15.1 Å². The highest BCUT2D eigenvalue weighted by atomic mass is 15.3. The van der Waals surface area contributed by atoms with Crippen molar-refractivity contribution in [1.29, 1.82) is 0 Å². The van der Waals surface area contributed by atoms with Gasteiger partial charge in [-0.05, 0) is 25.7 Å². The van der Waals surface area contributed by atoms with E-state index >= 15 is 0 Å². The molecule has 0 radical (unpaired) electrons. The molecule has 0 bridgehead atoms. The van der Waals surface area contributed by atoms with Gasteiger partial charge in [-0.25, -0.2) is 0 Å². The molecule has 0 spiro atoms. The molecular weight excluding hydrogens is 222 g/mol. The average molecular weight is 251 g/mol. The van der Waals surface area contributed by atoms with Gasteiger partial charge >= 0.3 is 0 Å². The minimum atomic E-state index is 0.837. The van der Waals surface area contributed by atoms with Crippen LogP contribution in [0.1, 0.15) is 39.0 Å². The minimum Gasteiger partial charge on any atom is -0.314 e. The molecule has 2 heterocycles. The summed E-state index contributed by atoms with van der Waals surface area (Å²) in [6.07, 6.45) is 7.40. The second kappa shape index (κ2) is 5.89. The van der Waals surface area contributed by atoms with Gasteiger partial charge in [-0.3, -0.25) is 9.80 Å². The van der Waals surface area contributed by atoms with Crippen molar-refractivity contribution in [3.63, 3.8) is 0 Å². The largest absolute Gasteiger partial charge is 0.314 e. The lowest BCUT2D eigenvalue weighted by Crippen LogP contribution is -2.65. The molecule has 3 nitrogen and oxygen atoms in total. The molecule has 2 aliphatic heterocycles. The third-order valence-corrected chi connectivity index (χ3v) is 5.47. The first kappa shape index (κ1) is 12.9. The molecule has 0 amide bonds. The van der Waals surface area contributed by atoms with Crippen LogP contribution in [0.15, 0.2) is 0 Å². The highest BCUT2D eigenvalue weighted by Gasteiger charge is 2.37. The zero-order chi connectivity index (χ0) is 12.4. The molecular formula is C15H29N3. The van der Waals surface area contributed by atoms with Crippen molar-refractivity contribution in [3.8, 4) is 0 Å². The lowest BCUT2D eigenvalue weighted by atomic mass is 9.82. The molecule has 18 heavy (non-hydrogen) atoms. The van der Waals surface area contributed by atoms with E-state index in [0.29, 0.717) is 0 Å². The summed E-state index contributed by atoms with van der Waals surface area (Å²) in [4.78, 5) is 5.43. The van der Waals surface area contributed by atoms with Crippen molar-refractivity contribution in [2.24, 2.45) is 5.92 Å². The fraction of sp³-hybridized carbons (Fsp3) is 1.00. The third kappa shape index (κ3) is 2.73. The second-order valence-electron chi connectivity index (χ2n) is 6.53. The highest BCUT2D eigenvalue weighted by Crippen LogP contribution is 2.31. The fourth-order valence-corrected chi connectivity index (χ4v) is 4.01. The van der Waals surface area contributed by atoms with Gasteiger partial charge in [0.15, 0.2) is 0 Å². The minimum absolute atomic E-state index is 0.837. The Kier molecular flexibility index (Phi) is 4.22. The molecule has 3 rings (SSSR count). The van der Waals surface area contributed by atoms with Crippen molar-refractivity contribution in [3.05, 3.63) is 0 Å². The van der Waals surface area contributed by atoms with Gasteiger partial charge < -0.3 is 5.32 Å². The van der Waals surface area contributed by atoms with Gasteiger partial charge in [0.2, 0.25) is 0 Å². The van der Waals surface area contributed by atoms with Crippen LogP contribution in [0.3, 0.4) is 0 Å². The predicted molar refractivity (Wildman–Crippen MR) is 75.8 cm³/mol.